The van der Waals surface area contributed by atoms with Gasteiger partial charge in [-0.05, 0) is 62.8 Å². The second kappa shape index (κ2) is 11.7. The first-order chi connectivity index (χ1) is 19.1. The number of nitrogens with zero attached hydrogens (tertiary/aromatic N) is 2. The molecule has 3 fully saturated rings. The molecule has 3 heterocycles. The van der Waals surface area contributed by atoms with Crippen molar-refractivity contribution in [2.24, 2.45) is 17.8 Å². The van der Waals surface area contributed by atoms with E-state index in [2.05, 4.69) is 13.2 Å². The summed E-state index contributed by atoms with van der Waals surface area (Å²) < 4.78 is 17.6. The van der Waals surface area contributed by atoms with Gasteiger partial charge in [0.05, 0.1) is 37.9 Å². The fraction of sp³-hybridized carbons (Fsp3) is 0.581. The molecule has 0 saturated carbocycles. The van der Waals surface area contributed by atoms with E-state index < -0.39 is 41.1 Å². The van der Waals surface area contributed by atoms with Gasteiger partial charge in [-0.25, -0.2) is 0 Å². The van der Waals surface area contributed by atoms with Crippen LogP contribution in [0.4, 0.5) is 5.69 Å². The Balaban J connectivity index is 1.78. The lowest BCUT2D eigenvalue weighted by atomic mass is 9.66. The second-order valence-electron chi connectivity index (χ2n) is 11.5. The highest BCUT2D eigenvalue weighted by Crippen LogP contribution is 2.64. The number of ether oxygens (including phenoxy) is 3. The molecule has 9 nitrogen and oxygen atoms in total. The monoisotopic (exact) mass is 554 g/mol. The lowest BCUT2D eigenvalue weighted by Crippen LogP contribution is -2.60. The van der Waals surface area contributed by atoms with Crippen molar-refractivity contribution in [2.75, 3.05) is 31.8 Å². The first-order valence-corrected chi connectivity index (χ1v) is 14.1. The molecule has 1 aromatic carbocycles. The topological polar surface area (TPSA) is 106 Å². The number of anilines is 1. The Labute approximate surface area is 236 Å². The summed E-state index contributed by atoms with van der Waals surface area (Å²) >= 11 is 0. The van der Waals surface area contributed by atoms with E-state index in [9.17, 15) is 19.5 Å². The minimum Gasteiger partial charge on any atom is -0.497 e. The fourth-order valence-corrected chi connectivity index (χ4v) is 6.83. The maximum absolute atomic E-state index is 14.6. The number of amides is 2. The van der Waals surface area contributed by atoms with E-state index in [1.165, 1.54) is 4.90 Å². The number of hydrogen-bond donors (Lipinski definition) is 1. The lowest BCUT2D eigenvalue weighted by Gasteiger charge is -2.40. The molecule has 2 bridgehead atoms. The van der Waals surface area contributed by atoms with Gasteiger partial charge >= 0.3 is 5.97 Å². The van der Waals surface area contributed by atoms with Crippen LogP contribution in [0.2, 0.25) is 0 Å². The minimum atomic E-state index is -1.22. The van der Waals surface area contributed by atoms with Crippen LogP contribution in [0.5, 0.6) is 5.75 Å². The fourth-order valence-electron chi connectivity index (χ4n) is 6.83. The molecule has 3 aliphatic heterocycles. The number of unbranched alkanes of at least 4 members (excludes halogenated alkanes) is 1. The number of aliphatic hydroxyl groups is 1. The molecule has 0 aromatic heterocycles. The van der Waals surface area contributed by atoms with Crippen molar-refractivity contribution >= 4 is 23.5 Å². The Morgan fingerprint density at radius 3 is 2.50 bits per heavy atom. The van der Waals surface area contributed by atoms with Gasteiger partial charge in [0.2, 0.25) is 5.91 Å². The van der Waals surface area contributed by atoms with E-state index in [4.69, 9.17) is 14.2 Å². The first-order valence-electron chi connectivity index (χ1n) is 14.1. The van der Waals surface area contributed by atoms with E-state index in [1.54, 1.807) is 48.4 Å². The van der Waals surface area contributed by atoms with Gasteiger partial charge in [-0.1, -0.05) is 26.0 Å². The molecule has 2 amide bonds. The maximum Gasteiger partial charge on any atom is 0.312 e. The Bertz CT molecular complexity index is 1130. The number of hydrogen-bond acceptors (Lipinski definition) is 7. The molecule has 1 spiro atoms. The zero-order valence-corrected chi connectivity index (χ0v) is 24.0. The quantitative estimate of drug-likeness (QED) is 0.226. The third-order valence-electron chi connectivity index (χ3n) is 8.77. The van der Waals surface area contributed by atoms with Crippen molar-refractivity contribution < 1.29 is 33.7 Å². The van der Waals surface area contributed by atoms with Crippen LogP contribution in [-0.4, -0.2) is 77.9 Å². The Kier molecular flexibility index (Phi) is 8.75. The Hall–Kier alpha value is -3.17. The average molecular weight is 555 g/mol. The van der Waals surface area contributed by atoms with E-state index in [1.807, 2.05) is 20.8 Å². The summed E-state index contributed by atoms with van der Waals surface area (Å²) in [6.45, 7) is 13.3. The highest BCUT2D eigenvalue weighted by Gasteiger charge is 2.79. The summed E-state index contributed by atoms with van der Waals surface area (Å²) in [5, 5.41) is 10.4. The molecule has 218 valence electrons. The largest absolute Gasteiger partial charge is 0.497 e. The number of esters is 1. The molecule has 9 heteroatoms. The molecule has 40 heavy (non-hydrogen) atoms. The molecule has 0 radical (unpaired) electrons. The van der Waals surface area contributed by atoms with E-state index in [0.717, 1.165) is 0 Å². The van der Waals surface area contributed by atoms with Gasteiger partial charge in [0.1, 0.15) is 23.3 Å². The molecule has 1 aromatic rings. The van der Waals surface area contributed by atoms with Crippen molar-refractivity contribution in [3.63, 3.8) is 0 Å². The molecule has 6 atom stereocenters. The van der Waals surface area contributed by atoms with Crippen LogP contribution in [0.15, 0.2) is 49.6 Å². The summed E-state index contributed by atoms with van der Waals surface area (Å²) in [4.78, 5) is 45.5. The van der Waals surface area contributed by atoms with E-state index >= 15 is 0 Å². The molecular formula is C31H42N2O7. The normalized spacial score (nSPS) is 29.3. The van der Waals surface area contributed by atoms with Crippen LogP contribution >= 0.6 is 0 Å². The van der Waals surface area contributed by atoms with Gasteiger partial charge in [-0.15, -0.1) is 13.2 Å². The second-order valence-corrected chi connectivity index (χ2v) is 11.5. The molecular weight excluding hydrogens is 512 g/mol. The van der Waals surface area contributed by atoms with Crippen LogP contribution in [-0.2, 0) is 23.9 Å². The minimum absolute atomic E-state index is 0.148. The zero-order valence-electron chi connectivity index (χ0n) is 24.0. The van der Waals surface area contributed by atoms with Crippen molar-refractivity contribution in [3.05, 3.63) is 49.6 Å². The number of benzene rings is 1. The summed E-state index contributed by atoms with van der Waals surface area (Å²) in [6.07, 6.45) is 5.68. The zero-order chi connectivity index (χ0) is 29.2. The van der Waals surface area contributed by atoms with Gasteiger partial charge in [0.25, 0.3) is 5.91 Å². The third kappa shape index (κ3) is 4.83. The average Bonchev–Trinajstić information content (AvgIpc) is 3.50. The SMILES string of the molecule is C=CCCCOC(=O)[C@H]1[C@H]2C(=O)N([C@@H](CO)C(C)C)C(C(=O)N(CC=C)c3ccc(OC)cc3)C23CC[C@]1(C)O3. The highest BCUT2D eigenvalue weighted by molar-refractivity contribution is 6.05. The number of methoxy groups -OCH3 is 1. The van der Waals surface area contributed by atoms with Crippen LogP contribution in [0.3, 0.4) is 0 Å². The van der Waals surface area contributed by atoms with Crippen LogP contribution in [0.1, 0.15) is 46.5 Å². The van der Waals surface area contributed by atoms with Crippen molar-refractivity contribution in [2.45, 2.75) is 69.7 Å². The number of likely N-dealkylation sites (tertiary alicyclic amines) is 1. The van der Waals surface area contributed by atoms with Crippen LogP contribution in [0.25, 0.3) is 0 Å². The molecule has 1 N–H and O–H groups in total. The van der Waals surface area contributed by atoms with Gasteiger partial charge in [-0.3, -0.25) is 14.4 Å². The van der Waals surface area contributed by atoms with E-state index in [0.29, 0.717) is 37.1 Å². The van der Waals surface area contributed by atoms with Gasteiger partial charge in [-0.2, -0.15) is 0 Å². The van der Waals surface area contributed by atoms with Crippen LogP contribution < -0.4 is 9.64 Å². The van der Waals surface area contributed by atoms with Crippen molar-refractivity contribution in [1.29, 1.82) is 0 Å². The lowest BCUT2D eigenvalue weighted by molar-refractivity contribution is -0.161. The standard InChI is InChI=1S/C31H42N2O7/c1-7-9-10-18-39-29(37)25-24-27(35)33(23(19-34)20(3)4)26(31(24)16-15-30(25,5)40-31)28(36)32(17-8-2)21-11-13-22(38-6)14-12-21/h7-8,11-14,20,23-26,34H,1-2,9-10,15-19H2,3-6H3/t23-,24-,25+,26?,30-,31?/m0/s1. The van der Waals surface area contributed by atoms with Gasteiger partial charge in [0.15, 0.2) is 0 Å². The number of carbonyl (C=O) groups is 3. The van der Waals surface area contributed by atoms with Gasteiger partial charge in [0, 0.05) is 12.2 Å². The number of aliphatic hydroxyl groups excluding tert-OH is 1. The summed E-state index contributed by atoms with van der Waals surface area (Å²) in [5.41, 5.74) is -1.54. The number of carbonyl (C=O) groups excluding carboxylic acids is 3. The third-order valence-corrected chi connectivity index (χ3v) is 8.77. The molecule has 2 unspecified atom stereocenters. The summed E-state index contributed by atoms with van der Waals surface area (Å²) in [5.74, 6) is -2.42. The van der Waals surface area contributed by atoms with Gasteiger partial charge < -0.3 is 29.1 Å². The number of fused-ring (bicyclic) bond motifs is 1. The molecule has 4 rings (SSSR count). The van der Waals surface area contributed by atoms with Crippen molar-refractivity contribution in [3.8, 4) is 5.75 Å². The number of rotatable bonds is 13. The van der Waals surface area contributed by atoms with E-state index in [-0.39, 0.29) is 37.5 Å². The first kappa shape index (κ1) is 29.8. The highest BCUT2D eigenvalue weighted by atomic mass is 16.6. The molecule has 0 aliphatic carbocycles. The number of allylic oxidation sites excluding steroid dienone is 1. The van der Waals surface area contributed by atoms with Crippen molar-refractivity contribution in [1.82, 2.24) is 4.90 Å². The molecule has 3 aliphatic rings. The predicted molar refractivity (Wildman–Crippen MR) is 151 cm³/mol. The predicted octanol–water partition coefficient (Wildman–Crippen LogP) is 3.51. The van der Waals surface area contributed by atoms with Crippen LogP contribution in [0, 0.1) is 17.8 Å². The smallest absolute Gasteiger partial charge is 0.312 e. The maximum atomic E-state index is 14.6. The summed E-state index contributed by atoms with van der Waals surface area (Å²) in [6, 6.07) is 5.41. The molecule has 3 saturated heterocycles. The Morgan fingerprint density at radius 1 is 1.23 bits per heavy atom. The summed E-state index contributed by atoms with van der Waals surface area (Å²) in [7, 11) is 1.57. The Morgan fingerprint density at radius 2 is 1.93 bits per heavy atom.